The number of alkyl halides is 1. The molecule has 2 aliphatic heterocycles. The van der Waals surface area contributed by atoms with E-state index in [-0.39, 0.29) is 4.05 Å². The van der Waals surface area contributed by atoms with Gasteiger partial charge in [0.1, 0.15) is 16.6 Å². The van der Waals surface area contributed by atoms with E-state index in [1.165, 1.54) is 10.1 Å². The zero-order valence-electron chi connectivity index (χ0n) is 9.50. The fraction of sp³-hybridized carbons (Fsp3) is 0.600. The normalized spacial score (nSPS) is 24.2. The van der Waals surface area contributed by atoms with Crippen molar-refractivity contribution in [2.24, 2.45) is 0 Å². The Morgan fingerprint density at radius 2 is 2.41 bits per heavy atom. The summed E-state index contributed by atoms with van der Waals surface area (Å²) in [5, 5.41) is 5.37. The maximum atomic E-state index is 5.51. The predicted molar refractivity (Wildman–Crippen MR) is 77.5 cm³/mol. The third-order valence-corrected chi connectivity index (χ3v) is 4.34. The lowest BCUT2D eigenvalue weighted by atomic mass is 10.2. The summed E-state index contributed by atoms with van der Waals surface area (Å²) in [6, 6.07) is 0. The molecule has 2 rings (SSSR count). The second-order valence-electron chi connectivity index (χ2n) is 3.72. The van der Waals surface area contributed by atoms with Crippen LogP contribution < -0.4 is 10.7 Å². The first kappa shape index (κ1) is 13.6. The smallest absolute Gasteiger partial charge is 0.120 e. The number of methoxy groups -OCH3 is 1. The molecule has 0 aromatic heterocycles. The molecule has 96 valence electrons. The van der Waals surface area contributed by atoms with Gasteiger partial charge in [-0.1, -0.05) is 38.5 Å². The van der Waals surface area contributed by atoms with Gasteiger partial charge in [0.05, 0.1) is 13.2 Å². The van der Waals surface area contributed by atoms with Crippen LogP contribution in [0.25, 0.3) is 0 Å². The van der Waals surface area contributed by atoms with Crippen molar-refractivity contribution >= 4 is 38.5 Å². The number of hydrogen-bond donors (Lipinski definition) is 2. The Balaban J connectivity index is 1.85. The average molecular weight is 416 g/mol. The van der Waals surface area contributed by atoms with E-state index < -0.39 is 0 Å². The SMILES string of the molecule is COCCOCN1NC2=C(C=C(Br)CN2)C1I. The van der Waals surface area contributed by atoms with Crippen molar-refractivity contribution in [2.75, 3.05) is 33.6 Å². The highest BCUT2D eigenvalue weighted by Crippen LogP contribution is 2.29. The van der Waals surface area contributed by atoms with Crippen molar-refractivity contribution in [1.82, 2.24) is 15.8 Å². The number of ether oxygens (including phenoxy) is 2. The molecule has 0 saturated carbocycles. The standard InChI is InChI=1S/C10H15BrIN3O2/c1-16-2-3-17-6-15-9(12)8-4-7(11)5-13-10(8)14-15/h4,9,13-14H,2-3,5-6H2,1H3. The van der Waals surface area contributed by atoms with Crippen LogP contribution in [0.2, 0.25) is 0 Å². The molecule has 1 atom stereocenters. The Kier molecular flexibility index (Phi) is 5.10. The van der Waals surface area contributed by atoms with Gasteiger partial charge in [0.2, 0.25) is 0 Å². The zero-order valence-corrected chi connectivity index (χ0v) is 13.2. The van der Waals surface area contributed by atoms with Crippen LogP contribution >= 0.6 is 38.5 Å². The van der Waals surface area contributed by atoms with Crippen molar-refractivity contribution in [3.05, 3.63) is 22.0 Å². The monoisotopic (exact) mass is 415 g/mol. The predicted octanol–water partition coefficient (Wildman–Crippen LogP) is 1.28. The third kappa shape index (κ3) is 3.34. The second-order valence-corrected chi connectivity index (χ2v) is 5.92. The minimum atomic E-state index is 0.269. The van der Waals surface area contributed by atoms with Gasteiger partial charge in [-0.2, -0.15) is 5.01 Å². The van der Waals surface area contributed by atoms with Gasteiger partial charge in [0, 0.05) is 23.7 Å². The van der Waals surface area contributed by atoms with Crippen molar-refractivity contribution in [1.29, 1.82) is 0 Å². The first-order valence-corrected chi connectivity index (χ1v) is 7.34. The van der Waals surface area contributed by atoms with Gasteiger partial charge in [-0.3, -0.25) is 0 Å². The Bertz CT molecular complexity index is 348. The number of hydrogen-bond acceptors (Lipinski definition) is 5. The Morgan fingerprint density at radius 1 is 1.59 bits per heavy atom. The molecule has 2 N–H and O–H groups in total. The molecule has 2 heterocycles. The summed E-state index contributed by atoms with van der Waals surface area (Å²) in [6.07, 6.45) is 2.16. The van der Waals surface area contributed by atoms with Crippen LogP contribution in [0.3, 0.4) is 0 Å². The van der Waals surface area contributed by atoms with Crippen molar-refractivity contribution in [3.63, 3.8) is 0 Å². The van der Waals surface area contributed by atoms with Gasteiger partial charge in [-0.25, -0.2) is 0 Å². The van der Waals surface area contributed by atoms with Crippen LogP contribution in [0.15, 0.2) is 22.0 Å². The largest absolute Gasteiger partial charge is 0.382 e. The van der Waals surface area contributed by atoms with Crippen LogP contribution in [0.4, 0.5) is 0 Å². The number of hydrazine groups is 1. The minimum absolute atomic E-state index is 0.269. The van der Waals surface area contributed by atoms with E-state index in [9.17, 15) is 0 Å². The van der Waals surface area contributed by atoms with Crippen molar-refractivity contribution in [3.8, 4) is 0 Å². The number of halogens is 2. The molecule has 0 aromatic rings. The zero-order chi connectivity index (χ0) is 12.3. The first-order chi connectivity index (χ1) is 8.22. The molecule has 0 aromatic carbocycles. The van der Waals surface area contributed by atoms with E-state index >= 15 is 0 Å². The summed E-state index contributed by atoms with van der Waals surface area (Å²) in [7, 11) is 1.67. The number of dihydropyridines is 1. The molecular weight excluding hydrogens is 401 g/mol. The summed E-state index contributed by atoms with van der Waals surface area (Å²) in [6.45, 7) is 2.59. The topological polar surface area (TPSA) is 45.8 Å². The molecule has 5 nitrogen and oxygen atoms in total. The maximum Gasteiger partial charge on any atom is 0.120 e. The van der Waals surface area contributed by atoms with E-state index in [0.717, 1.165) is 12.4 Å². The molecule has 0 aliphatic carbocycles. The van der Waals surface area contributed by atoms with Crippen LogP contribution in [-0.4, -0.2) is 42.7 Å². The molecule has 1 unspecified atom stereocenters. The van der Waals surface area contributed by atoms with Gasteiger partial charge in [0.25, 0.3) is 0 Å². The van der Waals surface area contributed by atoms with E-state index in [4.69, 9.17) is 9.47 Å². The fourth-order valence-corrected chi connectivity index (χ4v) is 2.81. The number of rotatable bonds is 5. The molecular formula is C10H15BrIN3O2. The Morgan fingerprint density at radius 3 is 3.18 bits per heavy atom. The molecule has 17 heavy (non-hydrogen) atoms. The lowest BCUT2D eigenvalue weighted by molar-refractivity contribution is -0.00694. The summed E-state index contributed by atoms with van der Waals surface area (Å²) in [5.74, 6) is 1.07. The summed E-state index contributed by atoms with van der Waals surface area (Å²) >= 11 is 5.90. The average Bonchev–Trinajstić information content (AvgIpc) is 2.62. The quantitative estimate of drug-likeness (QED) is 0.306. The molecule has 0 bridgehead atoms. The highest BCUT2D eigenvalue weighted by Gasteiger charge is 2.31. The van der Waals surface area contributed by atoms with Gasteiger partial charge < -0.3 is 20.2 Å². The third-order valence-electron chi connectivity index (χ3n) is 2.48. The molecule has 0 saturated heterocycles. The highest BCUT2D eigenvalue weighted by molar-refractivity contribution is 14.1. The van der Waals surface area contributed by atoms with Gasteiger partial charge in [0.15, 0.2) is 0 Å². The summed E-state index contributed by atoms with van der Waals surface area (Å²) in [5.41, 5.74) is 4.55. The highest BCUT2D eigenvalue weighted by atomic mass is 127. The molecule has 0 spiro atoms. The van der Waals surface area contributed by atoms with Gasteiger partial charge >= 0.3 is 0 Å². The number of nitrogens with zero attached hydrogens (tertiary/aromatic N) is 1. The Labute approximate surface area is 123 Å². The van der Waals surface area contributed by atoms with Crippen LogP contribution in [0, 0.1) is 0 Å². The van der Waals surface area contributed by atoms with Crippen LogP contribution in [0.5, 0.6) is 0 Å². The van der Waals surface area contributed by atoms with Gasteiger partial charge in [-0.05, 0) is 6.08 Å². The van der Waals surface area contributed by atoms with Crippen molar-refractivity contribution in [2.45, 2.75) is 4.05 Å². The Hall–Kier alpha value is 0.170. The molecule has 0 radical (unpaired) electrons. The molecule has 0 fully saturated rings. The van der Waals surface area contributed by atoms with Crippen LogP contribution in [-0.2, 0) is 9.47 Å². The second kappa shape index (κ2) is 6.37. The van der Waals surface area contributed by atoms with E-state index in [2.05, 4.69) is 60.3 Å². The summed E-state index contributed by atoms with van der Waals surface area (Å²) < 4.78 is 11.9. The number of nitrogens with one attached hydrogen (secondary N) is 2. The van der Waals surface area contributed by atoms with Crippen LogP contribution in [0.1, 0.15) is 0 Å². The molecule has 7 heteroatoms. The lowest BCUT2D eigenvalue weighted by Gasteiger charge is -2.21. The minimum Gasteiger partial charge on any atom is -0.382 e. The summed E-state index contributed by atoms with van der Waals surface area (Å²) in [4.78, 5) is 0. The van der Waals surface area contributed by atoms with E-state index in [0.29, 0.717) is 19.9 Å². The van der Waals surface area contributed by atoms with Gasteiger partial charge in [-0.15, -0.1) is 0 Å². The maximum absolute atomic E-state index is 5.51. The van der Waals surface area contributed by atoms with E-state index in [1.54, 1.807) is 7.11 Å². The lowest BCUT2D eigenvalue weighted by Crippen LogP contribution is -2.40. The first-order valence-electron chi connectivity index (χ1n) is 5.30. The molecule has 2 aliphatic rings. The molecule has 0 amide bonds. The van der Waals surface area contributed by atoms with Crippen molar-refractivity contribution < 1.29 is 9.47 Å². The van der Waals surface area contributed by atoms with E-state index in [1.807, 2.05) is 0 Å². The fourth-order valence-electron chi connectivity index (χ4n) is 1.63.